The number of ketones is 1. The molecule has 7 nitrogen and oxygen atoms in total. The van der Waals surface area contributed by atoms with Crippen LogP contribution in [0, 0.1) is 0 Å². The third-order valence-electron chi connectivity index (χ3n) is 3.76. The molecule has 1 aromatic heterocycles. The summed E-state index contributed by atoms with van der Waals surface area (Å²) < 4.78 is 6.41. The van der Waals surface area contributed by atoms with E-state index in [-0.39, 0.29) is 18.1 Å². The summed E-state index contributed by atoms with van der Waals surface area (Å²) in [5, 5.41) is 5.71. The van der Waals surface area contributed by atoms with Crippen molar-refractivity contribution in [2.24, 2.45) is 0 Å². The number of nitrogens with one attached hydrogen (secondary N) is 2. The number of carbonyl (C=O) groups excluding carboxylic acids is 2. The maximum atomic E-state index is 12.1. The van der Waals surface area contributed by atoms with Crippen molar-refractivity contribution in [1.82, 2.24) is 5.27 Å². The first-order valence-corrected chi connectivity index (χ1v) is 9.26. The molecule has 0 aliphatic carbocycles. The summed E-state index contributed by atoms with van der Waals surface area (Å²) in [5.41, 5.74) is 1.49. The van der Waals surface area contributed by atoms with Crippen LogP contribution in [0.2, 0.25) is 0 Å². The van der Waals surface area contributed by atoms with Crippen LogP contribution in [-0.2, 0) is 4.79 Å². The van der Waals surface area contributed by atoms with Gasteiger partial charge in [0.1, 0.15) is 0 Å². The Kier molecular flexibility index (Phi) is 5.87. The van der Waals surface area contributed by atoms with Gasteiger partial charge in [0, 0.05) is 35.6 Å². The predicted octanol–water partition coefficient (Wildman–Crippen LogP) is 2.57. The van der Waals surface area contributed by atoms with Gasteiger partial charge in [-0.3, -0.25) is 14.1 Å². The highest BCUT2D eigenvalue weighted by atomic mass is 32.2. The minimum atomic E-state index is -0.482. The molecule has 0 spiro atoms. The highest BCUT2D eigenvalue weighted by Crippen LogP contribution is 2.14. The number of aromatic nitrogens is 2. The molecule has 1 heterocycles. The van der Waals surface area contributed by atoms with Gasteiger partial charge in [-0.2, -0.15) is 0 Å². The smallest absolute Gasteiger partial charge is 0.326 e. The fraction of sp³-hybridized carbons (Fsp3) is 0.158. The van der Waals surface area contributed by atoms with Crippen LogP contribution in [0.5, 0.6) is 0 Å². The van der Waals surface area contributed by atoms with Gasteiger partial charge in [-0.1, -0.05) is 18.2 Å². The molecule has 3 aromatic rings. The van der Waals surface area contributed by atoms with Crippen LogP contribution >= 0.6 is 11.8 Å². The van der Waals surface area contributed by atoms with Gasteiger partial charge in [0.05, 0.1) is 0 Å². The van der Waals surface area contributed by atoms with Gasteiger partial charge in [-0.15, -0.1) is 0 Å². The van der Waals surface area contributed by atoms with E-state index in [4.69, 9.17) is 4.52 Å². The van der Waals surface area contributed by atoms with Crippen molar-refractivity contribution in [3.8, 4) is 5.69 Å². The van der Waals surface area contributed by atoms with Gasteiger partial charge in [0.2, 0.25) is 11.6 Å². The van der Waals surface area contributed by atoms with Crippen LogP contribution in [0.1, 0.15) is 23.7 Å². The molecular formula is C19H18N3O4S+. The van der Waals surface area contributed by atoms with Crippen LogP contribution in [0.25, 0.3) is 5.69 Å². The highest BCUT2D eigenvalue weighted by Gasteiger charge is 2.23. The van der Waals surface area contributed by atoms with E-state index in [1.807, 2.05) is 30.3 Å². The molecule has 1 amide bonds. The Morgan fingerprint density at radius 3 is 2.48 bits per heavy atom. The van der Waals surface area contributed by atoms with Crippen molar-refractivity contribution in [3.05, 3.63) is 70.6 Å². The average Bonchev–Trinajstić information content (AvgIpc) is 3.03. The molecule has 0 fully saturated rings. The number of rotatable bonds is 7. The van der Waals surface area contributed by atoms with Gasteiger partial charge in [0.25, 0.3) is 0 Å². The molecular weight excluding hydrogens is 366 g/mol. The lowest BCUT2D eigenvalue weighted by molar-refractivity contribution is -0.704. The second-order valence-corrected chi connectivity index (χ2v) is 6.82. The zero-order valence-corrected chi connectivity index (χ0v) is 15.4. The highest BCUT2D eigenvalue weighted by molar-refractivity contribution is 7.99. The molecule has 0 saturated heterocycles. The van der Waals surface area contributed by atoms with E-state index in [1.54, 1.807) is 28.9 Å². The van der Waals surface area contributed by atoms with E-state index in [0.717, 1.165) is 5.69 Å². The first-order chi connectivity index (χ1) is 13.0. The number of nitrogens with zero attached hydrogens (tertiary/aromatic N) is 1. The zero-order chi connectivity index (χ0) is 19.2. The molecule has 0 aliphatic heterocycles. The summed E-state index contributed by atoms with van der Waals surface area (Å²) in [4.78, 5) is 35.3. The van der Waals surface area contributed by atoms with Crippen LogP contribution < -0.4 is 15.6 Å². The Labute approximate surface area is 159 Å². The van der Waals surface area contributed by atoms with E-state index >= 15 is 0 Å². The number of hydrogen-bond acceptors (Lipinski definition) is 5. The zero-order valence-electron chi connectivity index (χ0n) is 14.6. The molecule has 138 valence electrons. The summed E-state index contributed by atoms with van der Waals surface area (Å²) in [6.07, 6.45) is 0.221. The first-order valence-electron chi connectivity index (χ1n) is 8.27. The van der Waals surface area contributed by atoms with Crippen molar-refractivity contribution in [2.45, 2.75) is 18.4 Å². The Balaban J connectivity index is 1.57. The van der Waals surface area contributed by atoms with E-state index < -0.39 is 5.63 Å². The summed E-state index contributed by atoms with van der Waals surface area (Å²) in [6, 6.07) is 16.0. The maximum Gasteiger partial charge on any atom is 0.442 e. The number of thioether (sulfide) groups is 1. The number of benzene rings is 2. The minimum absolute atomic E-state index is 0.0265. The molecule has 0 unspecified atom stereocenters. The SMILES string of the molecule is CC(=O)c1ccc(NC(=O)CCSc2c(=O)o[nH][n+]2-c2ccccc2)cc1. The fourth-order valence-electron chi connectivity index (χ4n) is 2.39. The van der Waals surface area contributed by atoms with E-state index in [0.29, 0.717) is 22.0 Å². The van der Waals surface area contributed by atoms with Crippen molar-refractivity contribution >= 4 is 29.1 Å². The van der Waals surface area contributed by atoms with Crippen LogP contribution in [0.15, 0.2) is 68.9 Å². The molecule has 2 N–H and O–H groups in total. The summed E-state index contributed by atoms with van der Waals surface area (Å²) in [5.74, 6) is 0.206. The third kappa shape index (κ3) is 4.73. The lowest BCUT2D eigenvalue weighted by atomic mass is 10.1. The first kappa shape index (κ1) is 18.7. The predicted molar refractivity (Wildman–Crippen MR) is 101 cm³/mol. The fourth-order valence-corrected chi connectivity index (χ4v) is 3.30. The van der Waals surface area contributed by atoms with Gasteiger partial charge < -0.3 is 5.32 Å². The Morgan fingerprint density at radius 1 is 1.11 bits per heavy atom. The second-order valence-electron chi connectivity index (χ2n) is 5.74. The molecule has 8 heteroatoms. The molecule has 27 heavy (non-hydrogen) atoms. The second kappa shape index (κ2) is 8.50. The van der Waals surface area contributed by atoms with E-state index in [1.165, 1.54) is 18.7 Å². The Morgan fingerprint density at radius 2 is 1.81 bits per heavy atom. The summed E-state index contributed by atoms with van der Waals surface area (Å²) >= 11 is 1.24. The van der Waals surface area contributed by atoms with Crippen LogP contribution in [-0.4, -0.2) is 22.7 Å². The molecule has 0 radical (unpaired) electrons. The average molecular weight is 384 g/mol. The number of hydrogen-bond donors (Lipinski definition) is 2. The number of H-pyrrole nitrogens is 1. The van der Waals surface area contributed by atoms with Gasteiger partial charge in [-0.25, -0.2) is 4.79 Å². The number of carbonyl (C=O) groups is 2. The third-order valence-corrected chi connectivity index (χ3v) is 4.80. The lowest BCUT2D eigenvalue weighted by Gasteiger charge is -2.05. The minimum Gasteiger partial charge on any atom is -0.326 e. The van der Waals surface area contributed by atoms with Gasteiger partial charge in [0.15, 0.2) is 5.78 Å². The standard InChI is InChI=1S/C19H17N3O4S/c1-13(23)14-7-9-15(10-8-14)20-17(24)11-12-27-18-19(25)26-21-22(18)16-5-3-2-4-6-16/h2-10H,11-12H2,1H3,(H-,20,21,23,24,25)/p+1. The van der Waals surface area contributed by atoms with Crippen molar-refractivity contribution in [1.29, 1.82) is 0 Å². The molecule has 2 aromatic carbocycles. The quantitative estimate of drug-likeness (QED) is 0.371. The molecule has 0 aliphatic rings. The molecule has 0 saturated carbocycles. The van der Waals surface area contributed by atoms with E-state index in [9.17, 15) is 14.4 Å². The number of anilines is 1. The molecule has 3 rings (SSSR count). The molecule has 0 bridgehead atoms. The normalized spacial score (nSPS) is 10.6. The number of para-hydroxylation sites is 1. The lowest BCUT2D eigenvalue weighted by Crippen LogP contribution is -2.36. The summed E-state index contributed by atoms with van der Waals surface area (Å²) in [7, 11) is 0. The van der Waals surface area contributed by atoms with Gasteiger partial charge in [-0.05, 0) is 52.9 Å². The maximum absolute atomic E-state index is 12.1. The monoisotopic (exact) mass is 384 g/mol. The number of amides is 1. The van der Waals surface area contributed by atoms with Crippen molar-refractivity contribution < 1.29 is 18.8 Å². The number of aromatic amines is 1. The van der Waals surface area contributed by atoms with Crippen LogP contribution in [0.3, 0.4) is 0 Å². The topological polar surface area (TPSA) is 96.0 Å². The van der Waals surface area contributed by atoms with E-state index in [2.05, 4.69) is 10.6 Å². The van der Waals surface area contributed by atoms with Gasteiger partial charge >= 0.3 is 10.7 Å². The molecule has 0 atom stereocenters. The number of Topliss-reactive ketones (excluding diaryl/α,β-unsaturated/α-hetero) is 1. The van der Waals surface area contributed by atoms with Crippen LogP contribution in [0.4, 0.5) is 5.69 Å². The van der Waals surface area contributed by atoms with Crippen molar-refractivity contribution in [3.63, 3.8) is 0 Å². The Hall–Kier alpha value is -3.13. The Bertz CT molecular complexity index is 994. The largest absolute Gasteiger partial charge is 0.442 e. The van der Waals surface area contributed by atoms with Crippen molar-refractivity contribution in [2.75, 3.05) is 11.1 Å². The summed E-state index contributed by atoms with van der Waals surface area (Å²) in [6.45, 7) is 1.49.